The van der Waals surface area contributed by atoms with Crippen molar-refractivity contribution in [3.05, 3.63) is 64.9 Å². The minimum absolute atomic E-state index is 0.162. The number of benzene rings is 2. The van der Waals surface area contributed by atoms with Crippen molar-refractivity contribution in [2.45, 2.75) is 25.9 Å². The molecule has 0 heterocycles. The van der Waals surface area contributed by atoms with Gasteiger partial charge in [0.25, 0.3) is 5.91 Å². The Morgan fingerprint density at radius 3 is 2.43 bits per heavy atom. The second-order valence-corrected chi connectivity index (χ2v) is 5.57. The van der Waals surface area contributed by atoms with E-state index in [2.05, 4.69) is 5.32 Å². The van der Waals surface area contributed by atoms with Crippen molar-refractivity contribution in [1.82, 2.24) is 5.32 Å². The first-order valence-electron chi connectivity index (χ1n) is 7.53. The molecule has 0 spiro atoms. The molecule has 0 aliphatic carbocycles. The average Bonchev–Trinajstić information content (AvgIpc) is 2.56. The van der Waals surface area contributed by atoms with Crippen LogP contribution in [-0.2, 0) is 11.2 Å². The number of carbonyl (C=O) groups excluding carboxylic acids is 1. The Hall–Kier alpha value is -2.07. The monoisotopic (exact) mass is 335 g/mol. The summed E-state index contributed by atoms with van der Waals surface area (Å²) in [5.74, 6) is 0.180. The average molecular weight is 336 g/mol. The second-order valence-electron chi connectivity index (χ2n) is 5.14. The number of ether oxygens (including phenoxy) is 1. The van der Waals surface area contributed by atoms with Gasteiger partial charge in [-0.2, -0.15) is 0 Å². The molecule has 2 aromatic rings. The molecule has 3 nitrogen and oxygen atoms in total. The van der Waals surface area contributed by atoms with Gasteiger partial charge in [0.1, 0.15) is 11.6 Å². The number of carbonyl (C=O) groups is 1. The maximum absolute atomic E-state index is 12.8. The molecule has 0 bridgehead atoms. The molecule has 2 aromatic carbocycles. The molecule has 1 amide bonds. The third kappa shape index (κ3) is 5.57. The topological polar surface area (TPSA) is 38.3 Å². The summed E-state index contributed by atoms with van der Waals surface area (Å²) in [4.78, 5) is 12.2. The molecule has 0 aromatic heterocycles. The molecule has 0 unspecified atom stereocenters. The van der Waals surface area contributed by atoms with E-state index in [1.807, 2.05) is 6.92 Å². The lowest BCUT2D eigenvalue weighted by atomic mass is 10.1. The first-order chi connectivity index (χ1) is 11.1. The molecule has 1 N–H and O–H groups in total. The molecule has 2 rings (SSSR count). The van der Waals surface area contributed by atoms with Gasteiger partial charge in [0.05, 0.1) is 0 Å². The van der Waals surface area contributed by atoms with Crippen molar-refractivity contribution in [3.63, 3.8) is 0 Å². The van der Waals surface area contributed by atoms with Crippen LogP contribution in [0.15, 0.2) is 48.5 Å². The van der Waals surface area contributed by atoms with E-state index in [1.54, 1.807) is 36.4 Å². The molecular formula is C18H19ClFNO2. The van der Waals surface area contributed by atoms with Gasteiger partial charge in [0, 0.05) is 11.6 Å². The zero-order valence-electron chi connectivity index (χ0n) is 12.9. The summed E-state index contributed by atoms with van der Waals surface area (Å²) in [5.41, 5.74) is 0.971. The predicted molar refractivity (Wildman–Crippen MR) is 89.3 cm³/mol. The molecule has 122 valence electrons. The smallest absolute Gasteiger partial charge is 0.261 e. The molecule has 5 heteroatoms. The van der Waals surface area contributed by atoms with Gasteiger partial charge in [-0.1, -0.05) is 30.7 Å². The van der Waals surface area contributed by atoms with Crippen LogP contribution in [0.4, 0.5) is 4.39 Å². The lowest BCUT2D eigenvalue weighted by Crippen LogP contribution is -2.38. The van der Waals surface area contributed by atoms with Crippen molar-refractivity contribution >= 4 is 17.5 Å². The van der Waals surface area contributed by atoms with Crippen LogP contribution >= 0.6 is 11.6 Å². The second kappa shape index (κ2) is 8.53. The van der Waals surface area contributed by atoms with Crippen LogP contribution in [0.25, 0.3) is 0 Å². The van der Waals surface area contributed by atoms with E-state index in [0.717, 1.165) is 5.56 Å². The number of hydrogen-bond donors (Lipinski definition) is 1. The SMILES string of the molecule is CC[C@H](Oc1ccc(Cl)cc1)C(=O)NCCc1ccc(F)cc1. The summed E-state index contributed by atoms with van der Waals surface area (Å²) in [6, 6.07) is 13.1. The molecule has 0 saturated heterocycles. The Morgan fingerprint density at radius 1 is 1.17 bits per heavy atom. The van der Waals surface area contributed by atoms with Gasteiger partial charge in [0.2, 0.25) is 0 Å². The third-order valence-corrected chi connectivity index (χ3v) is 3.63. The van der Waals surface area contributed by atoms with E-state index >= 15 is 0 Å². The Labute approximate surface area is 140 Å². The lowest BCUT2D eigenvalue weighted by Gasteiger charge is -2.17. The van der Waals surface area contributed by atoms with E-state index in [1.165, 1.54) is 12.1 Å². The van der Waals surface area contributed by atoms with Gasteiger partial charge in [0.15, 0.2) is 6.10 Å². The van der Waals surface area contributed by atoms with E-state index < -0.39 is 6.10 Å². The number of amides is 1. The van der Waals surface area contributed by atoms with Crippen molar-refractivity contribution in [3.8, 4) is 5.75 Å². The summed E-state index contributed by atoms with van der Waals surface area (Å²) >= 11 is 5.82. The fourth-order valence-electron chi connectivity index (χ4n) is 2.09. The number of nitrogens with one attached hydrogen (secondary N) is 1. The number of rotatable bonds is 7. The minimum Gasteiger partial charge on any atom is -0.481 e. The predicted octanol–water partition coefficient (Wildman–Crippen LogP) is 4.00. The van der Waals surface area contributed by atoms with Crippen molar-refractivity contribution < 1.29 is 13.9 Å². The molecule has 0 aliphatic heterocycles. The van der Waals surface area contributed by atoms with Crippen molar-refractivity contribution in [2.24, 2.45) is 0 Å². The highest BCUT2D eigenvalue weighted by molar-refractivity contribution is 6.30. The van der Waals surface area contributed by atoms with Crippen LogP contribution in [0.3, 0.4) is 0 Å². The zero-order chi connectivity index (χ0) is 16.7. The number of hydrogen-bond acceptors (Lipinski definition) is 2. The molecule has 0 aliphatic rings. The Morgan fingerprint density at radius 2 is 1.83 bits per heavy atom. The third-order valence-electron chi connectivity index (χ3n) is 3.38. The fraction of sp³-hybridized carbons (Fsp3) is 0.278. The summed E-state index contributed by atoms with van der Waals surface area (Å²) < 4.78 is 18.5. The Bertz CT molecular complexity index is 628. The molecule has 0 radical (unpaired) electrons. The summed E-state index contributed by atoms with van der Waals surface area (Å²) in [5, 5.41) is 3.46. The van der Waals surface area contributed by atoms with E-state index in [4.69, 9.17) is 16.3 Å². The van der Waals surface area contributed by atoms with Crippen LogP contribution in [0.1, 0.15) is 18.9 Å². The highest BCUT2D eigenvalue weighted by Gasteiger charge is 2.17. The molecule has 23 heavy (non-hydrogen) atoms. The largest absolute Gasteiger partial charge is 0.481 e. The quantitative estimate of drug-likeness (QED) is 0.830. The van der Waals surface area contributed by atoms with Crippen LogP contribution in [-0.4, -0.2) is 18.6 Å². The highest BCUT2D eigenvalue weighted by Crippen LogP contribution is 2.17. The lowest BCUT2D eigenvalue weighted by molar-refractivity contribution is -0.128. The summed E-state index contributed by atoms with van der Waals surface area (Å²) in [6.45, 7) is 2.37. The Balaban J connectivity index is 1.82. The van der Waals surface area contributed by atoms with Crippen LogP contribution in [0.2, 0.25) is 5.02 Å². The first kappa shape index (κ1) is 17.3. The van der Waals surface area contributed by atoms with Gasteiger partial charge < -0.3 is 10.1 Å². The van der Waals surface area contributed by atoms with E-state index in [-0.39, 0.29) is 11.7 Å². The van der Waals surface area contributed by atoms with Gasteiger partial charge in [-0.3, -0.25) is 4.79 Å². The van der Waals surface area contributed by atoms with Gasteiger partial charge in [-0.15, -0.1) is 0 Å². The van der Waals surface area contributed by atoms with Crippen molar-refractivity contribution in [1.29, 1.82) is 0 Å². The molecular weight excluding hydrogens is 317 g/mol. The van der Waals surface area contributed by atoms with Crippen LogP contribution in [0.5, 0.6) is 5.75 Å². The standard InChI is InChI=1S/C18H19ClFNO2/c1-2-17(23-16-9-5-14(19)6-10-16)18(22)21-12-11-13-3-7-15(20)8-4-13/h3-10,17H,2,11-12H2,1H3,(H,21,22)/t17-/m0/s1. The fourth-order valence-corrected chi connectivity index (χ4v) is 2.22. The number of halogens is 2. The van der Waals surface area contributed by atoms with Gasteiger partial charge in [-0.05, 0) is 54.8 Å². The summed E-state index contributed by atoms with van der Waals surface area (Å²) in [6.07, 6.45) is 0.651. The Kier molecular flexibility index (Phi) is 6.41. The van der Waals surface area contributed by atoms with E-state index in [0.29, 0.717) is 30.2 Å². The molecule has 1 atom stereocenters. The van der Waals surface area contributed by atoms with Gasteiger partial charge >= 0.3 is 0 Å². The highest BCUT2D eigenvalue weighted by atomic mass is 35.5. The van der Waals surface area contributed by atoms with E-state index in [9.17, 15) is 9.18 Å². The molecule has 0 fully saturated rings. The van der Waals surface area contributed by atoms with Gasteiger partial charge in [-0.25, -0.2) is 4.39 Å². The summed E-state index contributed by atoms with van der Waals surface area (Å²) in [7, 11) is 0. The maximum Gasteiger partial charge on any atom is 0.261 e. The maximum atomic E-state index is 12.8. The normalized spacial score (nSPS) is 11.8. The van der Waals surface area contributed by atoms with Crippen LogP contribution < -0.4 is 10.1 Å². The zero-order valence-corrected chi connectivity index (χ0v) is 13.6. The first-order valence-corrected chi connectivity index (χ1v) is 7.90. The molecule has 0 saturated carbocycles. The van der Waals surface area contributed by atoms with Crippen molar-refractivity contribution in [2.75, 3.05) is 6.54 Å². The minimum atomic E-state index is -0.551. The van der Waals surface area contributed by atoms with Crippen LogP contribution in [0, 0.1) is 5.82 Å².